The number of aliphatic hydroxyl groups excluding tert-OH is 2. The summed E-state index contributed by atoms with van der Waals surface area (Å²) in [6, 6.07) is 12.3. The number of thiophene rings is 1. The van der Waals surface area contributed by atoms with Crippen molar-refractivity contribution in [1.29, 1.82) is 0 Å². The molecule has 6 rings (SSSR count). The van der Waals surface area contributed by atoms with Crippen LogP contribution in [0, 0.1) is 6.92 Å². The van der Waals surface area contributed by atoms with Gasteiger partial charge in [-0.25, -0.2) is 26.8 Å². The molecule has 0 saturated heterocycles. The highest BCUT2D eigenvalue weighted by Crippen LogP contribution is 2.38. The SMILES string of the molecule is CN1C(C(=O)Nc2ccccn2)=C(O)c2sccc2S1(=O)=O.Cc1cnc(NC(=O)C2=C(O)c3ccccc3S(=O)(=O)N2C)s1. The third-order valence-electron chi connectivity index (χ3n) is 6.52. The first-order chi connectivity index (χ1) is 21.2. The largest absolute Gasteiger partial charge is 0.505 e. The molecule has 2 amide bonds. The number of amides is 2. The number of likely N-dealkylation sites (N-methyl/N-ethyl adjacent to an activating group) is 2. The monoisotopic (exact) mass is 688 g/mol. The van der Waals surface area contributed by atoms with Gasteiger partial charge in [-0.15, -0.1) is 22.7 Å². The number of nitrogens with zero attached hydrogens (tertiary/aromatic N) is 4. The minimum Gasteiger partial charge on any atom is -0.505 e. The molecule has 2 aliphatic rings. The zero-order valence-corrected chi connectivity index (χ0v) is 26.9. The third kappa shape index (κ3) is 5.75. The molecule has 0 bridgehead atoms. The Morgan fingerprint density at radius 2 is 1.42 bits per heavy atom. The van der Waals surface area contributed by atoms with E-state index in [1.165, 1.54) is 49.8 Å². The highest BCUT2D eigenvalue weighted by Gasteiger charge is 2.39. The number of carbonyl (C=O) groups excluding carboxylic acids is 2. The number of nitrogens with one attached hydrogen (secondary N) is 2. The maximum Gasteiger partial charge on any atom is 0.278 e. The summed E-state index contributed by atoms with van der Waals surface area (Å²) < 4.78 is 51.3. The van der Waals surface area contributed by atoms with E-state index in [9.17, 15) is 36.6 Å². The highest BCUT2D eigenvalue weighted by atomic mass is 32.2. The van der Waals surface area contributed by atoms with Crippen molar-refractivity contribution >= 4 is 77.0 Å². The number of aliphatic hydroxyl groups is 2. The number of carbonyl (C=O) groups is 2. The molecule has 0 atom stereocenters. The van der Waals surface area contributed by atoms with Crippen LogP contribution in [0.3, 0.4) is 0 Å². The Bertz CT molecular complexity index is 2100. The maximum atomic E-state index is 12.5. The molecule has 0 spiro atoms. The van der Waals surface area contributed by atoms with Gasteiger partial charge in [-0.1, -0.05) is 18.2 Å². The van der Waals surface area contributed by atoms with E-state index in [0.29, 0.717) is 5.13 Å². The molecule has 4 aromatic rings. The van der Waals surface area contributed by atoms with Gasteiger partial charge in [0.25, 0.3) is 31.9 Å². The molecular formula is C27H24N6O8S4. The quantitative estimate of drug-likeness (QED) is 0.246. The van der Waals surface area contributed by atoms with Crippen molar-refractivity contribution in [3.05, 3.63) is 93.0 Å². The fourth-order valence-electron chi connectivity index (χ4n) is 4.31. The Kier molecular flexibility index (Phi) is 8.41. The molecule has 4 N–H and O–H groups in total. The fourth-order valence-corrected chi connectivity index (χ4v) is 8.92. The van der Waals surface area contributed by atoms with E-state index in [1.807, 2.05) is 6.92 Å². The second-order valence-electron chi connectivity index (χ2n) is 9.35. The smallest absolute Gasteiger partial charge is 0.278 e. The van der Waals surface area contributed by atoms with Crippen molar-refractivity contribution in [3.8, 4) is 0 Å². The van der Waals surface area contributed by atoms with Gasteiger partial charge in [-0.05, 0) is 42.6 Å². The molecule has 2 aliphatic heterocycles. The number of aryl methyl sites for hydroxylation is 1. The summed E-state index contributed by atoms with van der Waals surface area (Å²) in [6.07, 6.45) is 3.08. The van der Waals surface area contributed by atoms with Crippen LogP contribution in [0.4, 0.5) is 10.9 Å². The number of pyridine rings is 1. The number of anilines is 2. The van der Waals surface area contributed by atoms with E-state index in [2.05, 4.69) is 20.6 Å². The van der Waals surface area contributed by atoms with Crippen LogP contribution in [0.25, 0.3) is 11.5 Å². The van der Waals surface area contributed by atoms with Gasteiger partial charge in [0.2, 0.25) is 0 Å². The molecule has 0 saturated carbocycles. The number of fused-ring (bicyclic) bond motifs is 2. The number of sulfonamides is 2. The Hall–Kier alpha value is -4.78. The normalized spacial score (nSPS) is 16.2. The second kappa shape index (κ2) is 12.0. The number of hydrogen-bond acceptors (Lipinski definition) is 12. The lowest BCUT2D eigenvalue weighted by molar-refractivity contribution is -0.114. The van der Waals surface area contributed by atoms with Gasteiger partial charge in [0.1, 0.15) is 10.7 Å². The van der Waals surface area contributed by atoms with E-state index in [0.717, 1.165) is 24.8 Å². The average molecular weight is 689 g/mol. The lowest BCUT2D eigenvalue weighted by atomic mass is 10.1. The number of benzene rings is 1. The number of rotatable bonds is 4. The molecule has 5 heterocycles. The van der Waals surface area contributed by atoms with Crippen LogP contribution in [-0.2, 0) is 29.6 Å². The van der Waals surface area contributed by atoms with E-state index in [1.54, 1.807) is 41.9 Å². The molecule has 3 aromatic heterocycles. The summed E-state index contributed by atoms with van der Waals surface area (Å²) in [5.41, 5.74) is -0.566. The van der Waals surface area contributed by atoms with Crippen LogP contribution in [-0.4, -0.2) is 71.5 Å². The molecule has 0 unspecified atom stereocenters. The molecule has 0 fully saturated rings. The lowest BCUT2D eigenvalue weighted by Gasteiger charge is -2.28. The zero-order chi connectivity index (χ0) is 32.7. The van der Waals surface area contributed by atoms with Crippen LogP contribution in [0.1, 0.15) is 15.3 Å². The summed E-state index contributed by atoms with van der Waals surface area (Å²) in [6.45, 7) is 1.83. The standard InChI is InChI=1S/C14H13N3O4S2.C13H11N3O4S2/c1-8-7-15-14(22-8)16-13(19)11-12(18)9-5-3-4-6-10(9)23(20,21)17(11)2;1-16-10(13(18)15-9-4-2-3-6-14-9)11(17)12-8(5-7-21-12)22(16,19)20/h3-7,18H,1-2H3,(H,15,16,19);2-7,17H,1H3,(H,14,15,18). The summed E-state index contributed by atoms with van der Waals surface area (Å²) in [7, 11) is -5.30. The fraction of sp³-hybridized carbons (Fsp3) is 0.111. The predicted molar refractivity (Wildman–Crippen MR) is 168 cm³/mol. The molecule has 1 aromatic carbocycles. The van der Waals surface area contributed by atoms with Crippen molar-refractivity contribution in [2.75, 3.05) is 24.7 Å². The minimum atomic E-state index is -3.90. The van der Waals surface area contributed by atoms with Crippen LogP contribution < -0.4 is 10.6 Å². The average Bonchev–Trinajstić information content (AvgIpc) is 3.67. The van der Waals surface area contributed by atoms with E-state index < -0.39 is 31.9 Å². The number of hydrogen-bond donors (Lipinski definition) is 4. The predicted octanol–water partition coefficient (Wildman–Crippen LogP) is 3.59. The highest BCUT2D eigenvalue weighted by molar-refractivity contribution is 7.89. The van der Waals surface area contributed by atoms with Crippen LogP contribution in [0.15, 0.2) is 87.5 Å². The summed E-state index contributed by atoms with van der Waals surface area (Å²) in [4.78, 5) is 33.7. The van der Waals surface area contributed by atoms with E-state index >= 15 is 0 Å². The van der Waals surface area contributed by atoms with Crippen LogP contribution >= 0.6 is 22.7 Å². The summed E-state index contributed by atoms with van der Waals surface area (Å²) >= 11 is 2.31. The zero-order valence-electron chi connectivity index (χ0n) is 23.6. The van der Waals surface area contributed by atoms with E-state index in [-0.39, 0.29) is 49.0 Å². The van der Waals surface area contributed by atoms with Gasteiger partial charge >= 0.3 is 0 Å². The summed E-state index contributed by atoms with van der Waals surface area (Å²) in [5.74, 6) is -1.98. The molecule has 0 aliphatic carbocycles. The Morgan fingerprint density at radius 1 is 0.800 bits per heavy atom. The maximum absolute atomic E-state index is 12.5. The molecular weight excluding hydrogens is 665 g/mol. The van der Waals surface area contributed by atoms with Gasteiger partial charge in [0.05, 0.1) is 9.77 Å². The van der Waals surface area contributed by atoms with Gasteiger partial charge in [0, 0.05) is 36.9 Å². The van der Waals surface area contributed by atoms with Crippen molar-refractivity contribution in [2.45, 2.75) is 16.7 Å². The number of aromatic nitrogens is 2. The van der Waals surface area contributed by atoms with Gasteiger partial charge in [-0.2, -0.15) is 0 Å². The van der Waals surface area contributed by atoms with Crippen molar-refractivity contribution < 1.29 is 36.6 Å². The van der Waals surface area contributed by atoms with Crippen molar-refractivity contribution in [2.24, 2.45) is 0 Å². The second-order valence-corrected chi connectivity index (χ2v) is 15.4. The van der Waals surface area contributed by atoms with E-state index in [4.69, 9.17) is 0 Å². The topological polar surface area (TPSA) is 199 Å². The lowest BCUT2D eigenvalue weighted by Crippen LogP contribution is -2.37. The van der Waals surface area contributed by atoms with Crippen LogP contribution in [0.2, 0.25) is 0 Å². The van der Waals surface area contributed by atoms with Crippen molar-refractivity contribution in [1.82, 2.24) is 18.6 Å². The molecule has 234 valence electrons. The van der Waals surface area contributed by atoms with Gasteiger partial charge in [-0.3, -0.25) is 23.5 Å². The Morgan fingerprint density at radius 3 is 2.07 bits per heavy atom. The van der Waals surface area contributed by atoms with Crippen LogP contribution in [0.5, 0.6) is 0 Å². The Labute approximate surface area is 265 Å². The first-order valence-corrected chi connectivity index (χ1v) is 17.3. The number of thiazole rings is 1. The van der Waals surface area contributed by atoms with Gasteiger partial charge in [0.15, 0.2) is 28.0 Å². The first-order valence-electron chi connectivity index (χ1n) is 12.7. The Balaban J connectivity index is 0.000000178. The van der Waals surface area contributed by atoms with Gasteiger partial charge < -0.3 is 15.5 Å². The molecule has 14 nitrogen and oxygen atoms in total. The minimum absolute atomic E-state index is 0.00751. The first kappa shape index (κ1) is 31.6. The summed E-state index contributed by atoms with van der Waals surface area (Å²) in [5, 5.41) is 27.5. The molecule has 45 heavy (non-hydrogen) atoms. The molecule has 18 heteroatoms. The molecule has 0 radical (unpaired) electrons. The third-order valence-corrected chi connectivity index (χ3v) is 12.0. The van der Waals surface area contributed by atoms with Crippen molar-refractivity contribution in [3.63, 3.8) is 0 Å².